The zero-order valence-corrected chi connectivity index (χ0v) is 4.33. The van der Waals surface area contributed by atoms with Crippen LogP contribution in [-0.2, 0) is 0 Å². The molecule has 0 unspecified atom stereocenters. The molecule has 1 aliphatic heterocycles. The van der Waals surface area contributed by atoms with Crippen molar-refractivity contribution in [3.63, 3.8) is 0 Å². The molecule has 0 aromatic carbocycles. The summed E-state index contributed by atoms with van der Waals surface area (Å²) in [7, 11) is 0. The summed E-state index contributed by atoms with van der Waals surface area (Å²) in [6, 6.07) is 0. The molecule has 0 fully saturated rings. The first-order chi connectivity index (χ1) is 3.84. The minimum absolute atomic E-state index is 0.0706. The van der Waals surface area contributed by atoms with Gasteiger partial charge in [0, 0.05) is 0 Å². The molecule has 0 aromatic rings. The molecule has 1 rings (SSSR count). The van der Waals surface area contributed by atoms with E-state index < -0.39 is 0 Å². The molecule has 0 aromatic heterocycles. The molecule has 1 aliphatic rings. The third kappa shape index (κ3) is 0.675. The lowest BCUT2D eigenvalue weighted by Crippen LogP contribution is -2.01. The molecular formula is C5H6N2O. The number of hydrogen-bond acceptors (Lipinski definition) is 3. The average molecular weight is 110 g/mol. The quantitative estimate of drug-likeness (QED) is 0.506. The first-order valence-corrected chi connectivity index (χ1v) is 2.24. The van der Waals surface area contributed by atoms with Crippen molar-refractivity contribution in [3.8, 4) is 0 Å². The Balaban J connectivity index is 2.73. The summed E-state index contributed by atoms with van der Waals surface area (Å²) in [5, 5.41) is 8.46. The Morgan fingerprint density at radius 1 is 1.75 bits per heavy atom. The van der Waals surface area contributed by atoms with Crippen LogP contribution in [0.15, 0.2) is 22.3 Å². The molecule has 1 heterocycles. The van der Waals surface area contributed by atoms with Gasteiger partial charge in [0.05, 0.1) is 18.0 Å². The monoisotopic (exact) mass is 110 g/mol. The highest BCUT2D eigenvalue weighted by molar-refractivity contribution is 6.07. The molecule has 0 amide bonds. The Bertz CT molecular complexity index is 169. The molecule has 0 atom stereocenters. The fraction of sp³-hybridized carbons (Fsp3) is 0.200. The first kappa shape index (κ1) is 5.18. The molecule has 3 nitrogen and oxygen atoms in total. The van der Waals surface area contributed by atoms with E-state index in [0.717, 1.165) is 0 Å². The molecule has 0 saturated carbocycles. The maximum atomic E-state index is 8.46. The van der Waals surface area contributed by atoms with Crippen LogP contribution in [0.4, 0.5) is 0 Å². The third-order valence-electron chi connectivity index (χ3n) is 0.910. The standard InChI is InChI=1S/C5H6N2O/c1-4-5(2-8)7-3-6-4/h3,8H,1-2H2. The van der Waals surface area contributed by atoms with Crippen LogP contribution in [0.5, 0.6) is 0 Å². The highest BCUT2D eigenvalue weighted by Crippen LogP contribution is 2.00. The number of aliphatic imine (C=N–C) groups is 2. The maximum Gasteiger partial charge on any atom is 0.116 e. The average Bonchev–Trinajstić information content (AvgIpc) is 2.14. The van der Waals surface area contributed by atoms with Crippen LogP contribution in [-0.4, -0.2) is 23.8 Å². The van der Waals surface area contributed by atoms with Crippen LogP contribution in [0.25, 0.3) is 0 Å². The second-order valence-corrected chi connectivity index (χ2v) is 1.43. The summed E-state index contributed by atoms with van der Waals surface area (Å²) in [6.45, 7) is 3.45. The van der Waals surface area contributed by atoms with Crippen molar-refractivity contribution in [2.45, 2.75) is 0 Å². The molecule has 0 aliphatic carbocycles. The zero-order chi connectivity index (χ0) is 5.98. The highest BCUT2D eigenvalue weighted by Gasteiger charge is 2.03. The van der Waals surface area contributed by atoms with Crippen LogP contribution in [0, 0.1) is 0 Å². The Labute approximate surface area is 47.1 Å². The predicted octanol–water partition coefficient (Wildman–Crippen LogP) is -0.0247. The van der Waals surface area contributed by atoms with Gasteiger partial charge in [0.25, 0.3) is 0 Å². The lowest BCUT2D eigenvalue weighted by molar-refractivity contribution is 0.358. The molecular weight excluding hydrogens is 104 g/mol. The number of aliphatic hydroxyl groups excluding tert-OH is 1. The Hall–Kier alpha value is -0.960. The van der Waals surface area contributed by atoms with Crippen LogP contribution >= 0.6 is 0 Å². The van der Waals surface area contributed by atoms with Gasteiger partial charge in [0.2, 0.25) is 0 Å². The van der Waals surface area contributed by atoms with Gasteiger partial charge in [-0.15, -0.1) is 0 Å². The van der Waals surface area contributed by atoms with Gasteiger partial charge in [-0.2, -0.15) is 0 Å². The fourth-order valence-electron chi connectivity index (χ4n) is 0.449. The minimum Gasteiger partial charge on any atom is -0.390 e. The fourth-order valence-corrected chi connectivity index (χ4v) is 0.449. The zero-order valence-electron chi connectivity index (χ0n) is 4.33. The molecule has 42 valence electrons. The van der Waals surface area contributed by atoms with Gasteiger partial charge in [-0.3, -0.25) is 0 Å². The minimum atomic E-state index is -0.0706. The third-order valence-corrected chi connectivity index (χ3v) is 0.910. The summed E-state index contributed by atoms with van der Waals surface area (Å²) in [6.07, 6.45) is 1.38. The van der Waals surface area contributed by atoms with Crippen LogP contribution in [0.2, 0.25) is 0 Å². The van der Waals surface area contributed by atoms with Gasteiger partial charge >= 0.3 is 0 Å². The summed E-state index contributed by atoms with van der Waals surface area (Å²) < 4.78 is 0. The second kappa shape index (κ2) is 1.88. The molecule has 8 heavy (non-hydrogen) atoms. The Morgan fingerprint density at radius 2 is 2.50 bits per heavy atom. The molecule has 0 bridgehead atoms. The highest BCUT2D eigenvalue weighted by atomic mass is 16.3. The van der Waals surface area contributed by atoms with E-state index in [0.29, 0.717) is 11.4 Å². The van der Waals surface area contributed by atoms with Crippen molar-refractivity contribution in [1.82, 2.24) is 0 Å². The van der Waals surface area contributed by atoms with Crippen molar-refractivity contribution in [2.24, 2.45) is 9.98 Å². The van der Waals surface area contributed by atoms with Crippen LogP contribution in [0.1, 0.15) is 0 Å². The van der Waals surface area contributed by atoms with E-state index in [2.05, 4.69) is 16.6 Å². The van der Waals surface area contributed by atoms with Crippen molar-refractivity contribution in [2.75, 3.05) is 6.61 Å². The summed E-state index contributed by atoms with van der Waals surface area (Å²) in [5.74, 6) is 0. The molecule has 0 saturated heterocycles. The van der Waals surface area contributed by atoms with Crippen LogP contribution in [0.3, 0.4) is 0 Å². The maximum absolute atomic E-state index is 8.46. The Kier molecular flexibility index (Phi) is 1.22. The van der Waals surface area contributed by atoms with E-state index in [-0.39, 0.29) is 6.61 Å². The summed E-state index contributed by atoms with van der Waals surface area (Å²) in [5.41, 5.74) is 1.12. The molecule has 3 heteroatoms. The van der Waals surface area contributed by atoms with Crippen molar-refractivity contribution in [3.05, 3.63) is 12.3 Å². The van der Waals surface area contributed by atoms with E-state index in [1.807, 2.05) is 0 Å². The molecule has 1 N–H and O–H groups in total. The lowest BCUT2D eigenvalue weighted by Gasteiger charge is -1.89. The summed E-state index contributed by atoms with van der Waals surface area (Å²) >= 11 is 0. The smallest absolute Gasteiger partial charge is 0.116 e. The van der Waals surface area contributed by atoms with Crippen molar-refractivity contribution < 1.29 is 5.11 Å². The largest absolute Gasteiger partial charge is 0.390 e. The number of rotatable bonds is 1. The first-order valence-electron chi connectivity index (χ1n) is 2.24. The number of aliphatic hydroxyl groups is 1. The van der Waals surface area contributed by atoms with E-state index in [4.69, 9.17) is 5.11 Å². The second-order valence-electron chi connectivity index (χ2n) is 1.43. The van der Waals surface area contributed by atoms with Gasteiger partial charge in [0.15, 0.2) is 0 Å². The van der Waals surface area contributed by atoms with Gasteiger partial charge in [-0.25, -0.2) is 9.98 Å². The van der Waals surface area contributed by atoms with Gasteiger partial charge in [-0.1, -0.05) is 6.58 Å². The van der Waals surface area contributed by atoms with E-state index in [1.54, 1.807) is 0 Å². The lowest BCUT2D eigenvalue weighted by atomic mass is 10.3. The van der Waals surface area contributed by atoms with E-state index >= 15 is 0 Å². The summed E-state index contributed by atoms with van der Waals surface area (Å²) in [4.78, 5) is 7.42. The molecule has 0 spiro atoms. The van der Waals surface area contributed by atoms with E-state index in [1.165, 1.54) is 6.34 Å². The van der Waals surface area contributed by atoms with Crippen molar-refractivity contribution >= 4 is 12.1 Å². The number of nitrogens with zero attached hydrogens (tertiary/aromatic N) is 2. The SMILES string of the molecule is C=C1N=CN=C1CO. The van der Waals surface area contributed by atoms with E-state index in [9.17, 15) is 0 Å². The predicted molar refractivity (Wildman–Crippen MR) is 32.2 cm³/mol. The van der Waals surface area contributed by atoms with Gasteiger partial charge < -0.3 is 5.11 Å². The van der Waals surface area contributed by atoms with Gasteiger partial charge in [-0.05, 0) is 0 Å². The Morgan fingerprint density at radius 3 is 2.75 bits per heavy atom. The van der Waals surface area contributed by atoms with Crippen LogP contribution < -0.4 is 0 Å². The normalized spacial score (nSPS) is 17.1. The van der Waals surface area contributed by atoms with Crippen molar-refractivity contribution in [1.29, 1.82) is 0 Å². The van der Waals surface area contributed by atoms with Gasteiger partial charge in [0.1, 0.15) is 6.34 Å². The topological polar surface area (TPSA) is 45.0 Å². The molecule has 0 radical (unpaired) electrons. The number of hydrogen-bond donors (Lipinski definition) is 1.